The Morgan fingerprint density at radius 2 is 2.25 bits per heavy atom. The van der Waals surface area contributed by atoms with Crippen molar-refractivity contribution in [2.75, 3.05) is 49.4 Å². The molecule has 0 bridgehead atoms. The number of carbonyl (C=O) groups is 1. The predicted octanol–water partition coefficient (Wildman–Crippen LogP) is 1.09. The summed E-state index contributed by atoms with van der Waals surface area (Å²) in [5.41, 5.74) is 15.0. The molecule has 1 aromatic heterocycles. The molecule has 1 aliphatic heterocycles. The number of rotatable bonds is 9. The number of carbonyl (C=O) groups excluding carboxylic acids is 1. The standard InChI is InChI=1S/C19H27N7O2/c1-26-8-6-13-15(4-3-5-16(13)26)24-18-14(17(21)27)11-23-19(25-18)22-10-12(20)7-9-28-2/h3-5,11-12H,6-10,20H2,1-2H3,(H2,21,27)(H2,22,23,24,25)/t12-/m0/s1. The summed E-state index contributed by atoms with van der Waals surface area (Å²) in [5.74, 6) is 0.166. The van der Waals surface area contributed by atoms with Gasteiger partial charge in [0.25, 0.3) is 5.91 Å². The minimum absolute atomic E-state index is 0.0938. The normalized spacial score (nSPS) is 13.9. The first-order valence-electron chi connectivity index (χ1n) is 9.25. The monoisotopic (exact) mass is 385 g/mol. The fourth-order valence-corrected chi connectivity index (χ4v) is 3.18. The number of anilines is 4. The van der Waals surface area contributed by atoms with E-state index in [1.165, 1.54) is 17.4 Å². The van der Waals surface area contributed by atoms with Crippen molar-refractivity contribution in [3.63, 3.8) is 0 Å². The van der Waals surface area contributed by atoms with E-state index in [-0.39, 0.29) is 11.6 Å². The molecule has 2 heterocycles. The molecule has 6 N–H and O–H groups in total. The first kappa shape index (κ1) is 19.8. The van der Waals surface area contributed by atoms with Gasteiger partial charge in [0, 0.05) is 63.0 Å². The number of fused-ring (bicyclic) bond motifs is 1. The molecule has 1 aliphatic rings. The van der Waals surface area contributed by atoms with E-state index in [0.29, 0.717) is 24.9 Å². The van der Waals surface area contributed by atoms with Gasteiger partial charge >= 0.3 is 0 Å². The number of hydrogen-bond acceptors (Lipinski definition) is 8. The van der Waals surface area contributed by atoms with Crippen molar-refractivity contribution in [2.45, 2.75) is 18.9 Å². The van der Waals surface area contributed by atoms with Gasteiger partial charge in [0.05, 0.1) is 0 Å². The quantitative estimate of drug-likeness (QED) is 0.504. The number of ether oxygens (including phenoxy) is 1. The van der Waals surface area contributed by atoms with E-state index in [4.69, 9.17) is 16.2 Å². The molecule has 0 aliphatic carbocycles. The fraction of sp³-hybridized carbons (Fsp3) is 0.421. The second-order valence-corrected chi connectivity index (χ2v) is 6.84. The number of benzene rings is 1. The lowest BCUT2D eigenvalue weighted by Gasteiger charge is -2.16. The fourth-order valence-electron chi connectivity index (χ4n) is 3.18. The number of hydrogen-bond donors (Lipinski definition) is 4. The Kier molecular flexibility index (Phi) is 6.27. The lowest BCUT2D eigenvalue weighted by molar-refractivity contribution is 0.100. The Morgan fingerprint density at radius 3 is 3.00 bits per heavy atom. The Labute approximate surface area is 164 Å². The van der Waals surface area contributed by atoms with Crippen LogP contribution in [0.3, 0.4) is 0 Å². The topological polar surface area (TPSA) is 131 Å². The van der Waals surface area contributed by atoms with Crippen LogP contribution >= 0.6 is 0 Å². The van der Waals surface area contributed by atoms with Crippen molar-refractivity contribution < 1.29 is 9.53 Å². The average Bonchev–Trinajstić information content (AvgIpc) is 3.07. The van der Waals surface area contributed by atoms with Crippen LogP contribution in [-0.2, 0) is 11.2 Å². The molecule has 9 heteroatoms. The van der Waals surface area contributed by atoms with Crippen molar-refractivity contribution in [1.82, 2.24) is 9.97 Å². The number of nitrogens with zero attached hydrogens (tertiary/aromatic N) is 3. The van der Waals surface area contributed by atoms with Gasteiger partial charge in [0.1, 0.15) is 11.4 Å². The first-order chi connectivity index (χ1) is 13.5. The SMILES string of the molecule is COCC[C@H](N)CNc1ncc(C(N)=O)c(Nc2cccc3c2CCN3C)n1. The Balaban J connectivity index is 1.81. The number of amides is 1. The van der Waals surface area contributed by atoms with Crippen molar-refractivity contribution in [1.29, 1.82) is 0 Å². The van der Waals surface area contributed by atoms with E-state index in [9.17, 15) is 4.79 Å². The first-order valence-corrected chi connectivity index (χ1v) is 9.25. The zero-order valence-electron chi connectivity index (χ0n) is 16.2. The van der Waals surface area contributed by atoms with Gasteiger partial charge in [-0.3, -0.25) is 4.79 Å². The molecule has 9 nitrogen and oxygen atoms in total. The molecular formula is C19H27N7O2. The van der Waals surface area contributed by atoms with Gasteiger partial charge in [0.15, 0.2) is 0 Å². The largest absolute Gasteiger partial charge is 0.385 e. The molecule has 150 valence electrons. The number of methoxy groups -OCH3 is 1. The second-order valence-electron chi connectivity index (χ2n) is 6.84. The zero-order chi connectivity index (χ0) is 20.1. The maximum absolute atomic E-state index is 11.8. The van der Waals surface area contributed by atoms with Crippen LogP contribution in [0.25, 0.3) is 0 Å². The van der Waals surface area contributed by atoms with Crippen molar-refractivity contribution in [2.24, 2.45) is 11.5 Å². The minimum Gasteiger partial charge on any atom is -0.385 e. The van der Waals surface area contributed by atoms with Crippen LogP contribution in [0.1, 0.15) is 22.3 Å². The molecule has 1 amide bonds. The maximum Gasteiger partial charge on any atom is 0.254 e. The highest BCUT2D eigenvalue weighted by molar-refractivity contribution is 5.98. The predicted molar refractivity (Wildman–Crippen MR) is 110 cm³/mol. The number of aromatic nitrogens is 2. The molecule has 0 saturated carbocycles. The van der Waals surface area contributed by atoms with Gasteiger partial charge in [-0.25, -0.2) is 4.98 Å². The summed E-state index contributed by atoms with van der Waals surface area (Å²) >= 11 is 0. The molecule has 28 heavy (non-hydrogen) atoms. The van der Waals surface area contributed by atoms with Gasteiger partial charge in [-0.1, -0.05) is 6.07 Å². The third kappa shape index (κ3) is 4.49. The summed E-state index contributed by atoms with van der Waals surface area (Å²) in [4.78, 5) is 22.7. The summed E-state index contributed by atoms with van der Waals surface area (Å²) in [6.45, 7) is 2.03. The van der Waals surface area contributed by atoms with Gasteiger partial charge < -0.3 is 31.7 Å². The molecule has 2 aromatic rings. The van der Waals surface area contributed by atoms with E-state index < -0.39 is 5.91 Å². The van der Waals surface area contributed by atoms with Crippen LogP contribution in [0.15, 0.2) is 24.4 Å². The number of nitrogens with one attached hydrogen (secondary N) is 2. The van der Waals surface area contributed by atoms with Crippen LogP contribution < -0.4 is 27.0 Å². The zero-order valence-corrected chi connectivity index (χ0v) is 16.2. The summed E-state index contributed by atoms with van der Waals surface area (Å²) in [6, 6.07) is 5.93. The second kappa shape index (κ2) is 8.85. The highest BCUT2D eigenvalue weighted by atomic mass is 16.5. The van der Waals surface area contributed by atoms with Gasteiger partial charge in [0.2, 0.25) is 5.95 Å². The third-order valence-corrected chi connectivity index (χ3v) is 4.78. The van der Waals surface area contributed by atoms with E-state index in [1.807, 2.05) is 12.1 Å². The molecule has 1 atom stereocenters. The van der Waals surface area contributed by atoms with Crippen LogP contribution in [0.4, 0.5) is 23.1 Å². The van der Waals surface area contributed by atoms with Crippen molar-refractivity contribution in [3.8, 4) is 0 Å². The van der Waals surface area contributed by atoms with E-state index in [0.717, 1.165) is 25.1 Å². The molecule has 1 aromatic carbocycles. The van der Waals surface area contributed by atoms with Crippen molar-refractivity contribution >= 4 is 29.0 Å². The summed E-state index contributed by atoms with van der Waals surface area (Å²) in [6.07, 6.45) is 3.07. The Hall–Kier alpha value is -2.91. The van der Waals surface area contributed by atoms with Crippen LogP contribution in [0, 0.1) is 0 Å². The van der Waals surface area contributed by atoms with E-state index >= 15 is 0 Å². The lowest BCUT2D eigenvalue weighted by atomic mass is 10.1. The van der Waals surface area contributed by atoms with Gasteiger partial charge in [-0.05, 0) is 25.0 Å². The molecule has 0 fully saturated rings. The Morgan fingerprint density at radius 1 is 1.43 bits per heavy atom. The number of primary amides is 1. The maximum atomic E-state index is 11.8. The lowest BCUT2D eigenvalue weighted by Crippen LogP contribution is -2.30. The number of nitrogens with two attached hydrogens (primary N) is 2. The van der Waals surface area contributed by atoms with Crippen LogP contribution in [0.5, 0.6) is 0 Å². The van der Waals surface area contributed by atoms with Crippen LogP contribution in [-0.4, -0.2) is 55.8 Å². The Bertz CT molecular complexity index is 843. The highest BCUT2D eigenvalue weighted by Crippen LogP contribution is 2.34. The summed E-state index contributed by atoms with van der Waals surface area (Å²) in [5, 5.41) is 6.37. The smallest absolute Gasteiger partial charge is 0.254 e. The average molecular weight is 385 g/mol. The molecule has 0 spiro atoms. The van der Waals surface area contributed by atoms with Gasteiger partial charge in [-0.2, -0.15) is 4.98 Å². The minimum atomic E-state index is -0.587. The van der Waals surface area contributed by atoms with Gasteiger partial charge in [-0.15, -0.1) is 0 Å². The van der Waals surface area contributed by atoms with E-state index in [1.54, 1.807) is 7.11 Å². The summed E-state index contributed by atoms with van der Waals surface area (Å²) in [7, 11) is 3.70. The molecule has 0 saturated heterocycles. The van der Waals surface area contributed by atoms with E-state index in [2.05, 4.69) is 38.6 Å². The molecule has 0 unspecified atom stereocenters. The summed E-state index contributed by atoms with van der Waals surface area (Å²) < 4.78 is 5.03. The highest BCUT2D eigenvalue weighted by Gasteiger charge is 2.20. The number of likely N-dealkylation sites (N-methyl/N-ethyl adjacent to an activating group) is 1. The molecular weight excluding hydrogens is 358 g/mol. The van der Waals surface area contributed by atoms with Crippen molar-refractivity contribution in [3.05, 3.63) is 35.5 Å². The molecule has 3 rings (SSSR count). The third-order valence-electron chi connectivity index (χ3n) is 4.78. The van der Waals surface area contributed by atoms with Crippen LogP contribution in [0.2, 0.25) is 0 Å². The molecule has 0 radical (unpaired) electrons.